The number of benzene rings is 1. The van der Waals surface area contributed by atoms with E-state index in [9.17, 15) is 14.3 Å². The number of halogens is 1. The summed E-state index contributed by atoms with van der Waals surface area (Å²) in [5, 5.41) is 9.49. The van der Waals surface area contributed by atoms with Crippen molar-refractivity contribution in [1.82, 2.24) is 0 Å². The van der Waals surface area contributed by atoms with Crippen LogP contribution in [0.2, 0.25) is 0 Å². The highest BCUT2D eigenvalue weighted by molar-refractivity contribution is 5.80. The van der Waals surface area contributed by atoms with Crippen molar-refractivity contribution < 1.29 is 19.0 Å². The average molecular weight is 252 g/mol. The topological polar surface area (TPSA) is 46.5 Å². The molecular weight excluding hydrogens is 235 g/mol. The van der Waals surface area contributed by atoms with Crippen molar-refractivity contribution in [2.24, 2.45) is 5.92 Å². The summed E-state index contributed by atoms with van der Waals surface area (Å²) < 4.78 is 19.2. The highest BCUT2D eigenvalue weighted by atomic mass is 19.1. The van der Waals surface area contributed by atoms with Gasteiger partial charge >= 0.3 is 5.97 Å². The third-order valence-corrected chi connectivity index (χ3v) is 3.49. The quantitative estimate of drug-likeness (QED) is 0.838. The van der Waals surface area contributed by atoms with Crippen molar-refractivity contribution in [3.63, 3.8) is 0 Å². The molecule has 98 valence electrons. The minimum Gasteiger partial charge on any atom is -0.508 e. The first-order valence-electron chi connectivity index (χ1n) is 6.03. The molecule has 1 aliphatic carbocycles. The molecule has 1 saturated carbocycles. The number of hydrogen-bond donors (Lipinski definition) is 1. The Bertz CT molecular complexity index is 452. The fourth-order valence-corrected chi connectivity index (χ4v) is 2.50. The van der Waals surface area contributed by atoms with E-state index < -0.39 is 17.6 Å². The van der Waals surface area contributed by atoms with Crippen LogP contribution in [-0.2, 0) is 9.53 Å². The van der Waals surface area contributed by atoms with Crippen LogP contribution in [0.25, 0.3) is 0 Å². The predicted molar refractivity (Wildman–Crippen MR) is 65.1 cm³/mol. The van der Waals surface area contributed by atoms with Gasteiger partial charge in [0.1, 0.15) is 5.75 Å². The van der Waals surface area contributed by atoms with Crippen molar-refractivity contribution in [3.05, 3.63) is 29.8 Å². The summed E-state index contributed by atoms with van der Waals surface area (Å²) in [7, 11) is 1.19. The van der Waals surface area contributed by atoms with Gasteiger partial charge in [-0.3, -0.25) is 0 Å². The molecule has 1 N–H and O–H groups in total. The second-order valence-electron chi connectivity index (χ2n) is 4.98. The summed E-state index contributed by atoms with van der Waals surface area (Å²) in [4.78, 5) is 11.6. The molecule has 1 aromatic rings. The molecule has 0 radical (unpaired) electrons. The van der Waals surface area contributed by atoms with Gasteiger partial charge in [-0.1, -0.05) is 12.1 Å². The molecule has 2 rings (SSSR count). The minimum absolute atomic E-state index is 0.0822. The van der Waals surface area contributed by atoms with Gasteiger partial charge in [-0.25, -0.2) is 9.18 Å². The molecule has 1 fully saturated rings. The number of rotatable bonds is 4. The Balaban J connectivity index is 2.37. The Kier molecular flexibility index (Phi) is 3.28. The van der Waals surface area contributed by atoms with Crippen molar-refractivity contribution in [1.29, 1.82) is 0 Å². The molecule has 0 spiro atoms. The van der Waals surface area contributed by atoms with Crippen LogP contribution in [0, 0.1) is 5.92 Å². The number of ether oxygens (including phenoxy) is 1. The third kappa shape index (κ3) is 2.33. The zero-order valence-corrected chi connectivity index (χ0v) is 10.5. The fourth-order valence-electron chi connectivity index (χ4n) is 2.50. The van der Waals surface area contributed by atoms with E-state index >= 15 is 0 Å². The number of phenolic OH excluding ortho intramolecular Hbond substituents is 1. The molecule has 0 aromatic heterocycles. The van der Waals surface area contributed by atoms with Gasteiger partial charge in [-0.2, -0.15) is 0 Å². The largest absolute Gasteiger partial charge is 0.508 e. The van der Waals surface area contributed by atoms with Crippen LogP contribution in [0.5, 0.6) is 5.75 Å². The standard InChI is InChI=1S/C14H17FO3/c1-14(15,13(17)18-2)12(9-6-7-9)10-4-3-5-11(16)8-10/h3-5,8-9,12,16H,6-7H2,1-2H3/t12-,14?/m0/s1. The lowest BCUT2D eigenvalue weighted by molar-refractivity contribution is -0.155. The zero-order chi connectivity index (χ0) is 13.3. The number of phenols is 1. The van der Waals surface area contributed by atoms with Gasteiger partial charge in [0, 0.05) is 5.92 Å². The molecule has 0 aliphatic heterocycles. The molecule has 0 saturated heterocycles. The van der Waals surface area contributed by atoms with Gasteiger partial charge in [-0.05, 0) is 43.4 Å². The average Bonchev–Trinajstić information content (AvgIpc) is 3.12. The van der Waals surface area contributed by atoms with Gasteiger partial charge in [0.25, 0.3) is 0 Å². The molecule has 3 nitrogen and oxygen atoms in total. The van der Waals surface area contributed by atoms with E-state index in [0.29, 0.717) is 5.56 Å². The summed E-state index contributed by atoms with van der Waals surface area (Å²) in [5.41, 5.74) is -1.42. The van der Waals surface area contributed by atoms with E-state index in [2.05, 4.69) is 4.74 Å². The van der Waals surface area contributed by atoms with Crippen LogP contribution < -0.4 is 0 Å². The van der Waals surface area contributed by atoms with Gasteiger partial charge in [0.2, 0.25) is 5.67 Å². The lowest BCUT2D eigenvalue weighted by Gasteiger charge is -2.28. The van der Waals surface area contributed by atoms with Crippen molar-refractivity contribution >= 4 is 5.97 Å². The monoisotopic (exact) mass is 252 g/mol. The van der Waals surface area contributed by atoms with Crippen molar-refractivity contribution in [2.45, 2.75) is 31.4 Å². The van der Waals surface area contributed by atoms with E-state index in [4.69, 9.17) is 0 Å². The minimum atomic E-state index is -2.07. The SMILES string of the molecule is COC(=O)C(C)(F)[C@H](c1cccc(O)c1)C1CC1. The third-order valence-electron chi connectivity index (χ3n) is 3.49. The number of alkyl halides is 1. The first-order valence-corrected chi connectivity index (χ1v) is 6.03. The normalized spacial score (nSPS) is 19.9. The molecule has 1 aliphatic rings. The second-order valence-corrected chi connectivity index (χ2v) is 4.98. The maximum absolute atomic E-state index is 14.7. The number of methoxy groups -OCH3 is 1. The Morgan fingerprint density at radius 1 is 1.56 bits per heavy atom. The molecule has 0 amide bonds. The lowest BCUT2D eigenvalue weighted by Crippen LogP contribution is -2.39. The highest BCUT2D eigenvalue weighted by Crippen LogP contribution is 2.50. The smallest absolute Gasteiger partial charge is 0.343 e. The van der Waals surface area contributed by atoms with Crippen LogP contribution in [0.4, 0.5) is 4.39 Å². The van der Waals surface area contributed by atoms with E-state index in [1.54, 1.807) is 12.1 Å². The van der Waals surface area contributed by atoms with Crippen LogP contribution in [0.1, 0.15) is 31.2 Å². The number of hydrogen-bond acceptors (Lipinski definition) is 3. The Hall–Kier alpha value is -1.58. The summed E-state index contributed by atoms with van der Waals surface area (Å²) in [6, 6.07) is 6.45. The Morgan fingerprint density at radius 2 is 2.22 bits per heavy atom. The van der Waals surface area contributed by atoms with Gasteiger partial charge in [-0.15, -0.1) is 0 Å². The second kappa shape index (κ2) is 4.59. The highest BCUT2D eigenvalue weighted by Gasteiger charge is 2.50. The summed E-state index contributed by atoms with van der Waals surface area (Å²) in [5.74, 6) is -1.19. The maximum atomic E-state index is 14.7. The van der Waals surface area contributed by atoms with Gasteiger partial charge in [0.05, 0.1) is 7.11 Å². The number of carbonyl (C=O) groups excluding carboxylic acids is 1. The lowest BCUT2D eigenvalue weighted by atomic mass is 9.81. The van der Waals surface area contributed by atoms with Crippen LogP contribution >= 0.6 is 0 Å². The Labute approximate surface area is 106 Å². The van der Waals surface area contributed by atoms with Crippen molar-refractivity contribution in [2.75, 3.05) is 7.11 Å². The molecule has 2 atom stereocenters. The van der Waals surface area contributed by atoms with E-state index in [0.717, 1.165) is 12.8 Å². The molecule has 18 heavy (non-hydrogen) atoms. The summed E-state index contributed by atoms with van der Waals surface area (Å²) in [6.45, 7) is 1.26. The van der Waals surface area contributed by atoms with Crippen molar-refractivity contribution in [3.8, 4) is 5.75 Å². The fraction of sp³-hybridized carbons (Fsp3) is 0.500. The Morgan fingerprint density at radius 3 is 2.72 bits per heavy atom. The zero-order valence-electron chi connectivity index (χ0n) is 10.5. The predicted octanol–water partition coefficient (Wildman–Crippen LogP) is 2.79. The number of esters is 1. The van der Waals surface area contributed by atoms with Crippen LogP contribution in [0.15, 0.2) is 24.3 Å². The maximum Gasteiger partial charge on any atom is 0.343 e. The molecule has 0 bridgehead atoms. The van der Waals surface area contributed by atoms with E-state index in [1.807, 2.05) is 0 Å². The first kappa shape index (κ1) is 12.9. The number of aromatic hydroxyl groups is 1. The number of carbonyl (C=O) groups is 1. The molecule has 1 unspecified atom stereocenters. The molecule has 1 aromatic carbocycles. The molecule has 0 heterocycles. The van der Waals surface area contributed by atoms with E-state index in [-0.39, 0.29) is 11.7 Å². The van der Waals surface area contributed by atoms with Crippen LogP contribution in [-0.4, -0.2) is 23.9 Å². The molecule has 4 heteroatoms. The van der Waals surface area contributed by atoms with Gasteiger partial charge in [0.15, 0.2) is 0 Å². The van der Waals surface area contributed by atoms with Gasteiger partial charge < -0.3 is 9.84 Å². The first-order chi connectivity index (χ1) is 8.46. The summed E-state index contributed by atoms with van der Waals surface area (Å²) >= 11 is 0. The molecular formula is C14H17FO3. The van der Waals surface area contributed by atoms with Crippen LogP contribution in [0.3, 0.4) is 0 Å². The van der Waals surface area contributed by atoms with E-state index in [1.165, 1.54) is 26.2 Å². The summed E-state index contributed by atoms with van der Waals surface area (Å²) in [6.07, 6.45) is 1.80.